The number of hydrogen-bond donors (Lipinski definition) is 2. The zero-order valence-corrected chi connectivity index (χ0v) is 11.7. The van der Waals surface area contributed by atoms with Gasteiger partial charge in [0.15, 0.2) is 0 Å². The maximum atomic E-state index is 12.1. The summed E-state index contributed by atoms with van der Waals surface area (Å²) in [6, 6.07) is 7.51. The molecule has 0 aliphatic heterocycles. The first kappa shape index (κ1) is 13.2. The highest BCUT2D eigenvalue weighted by Gasteiger charge is 2.47. The minimum atomic E-state index is -0.00744. The molecule has 4 heteroatoms. The van der Waals surface area contributed by atoms with Crippen LogP contribution in [-0.2, 0) is 16.0 Å². The molecule has 0 aromatic heterocycles. The lowest BCUT2D eigenvalue weighted by Gasteiger charge is -2.12. The van der Waals surface area contributed by atoms with Gasteiger partial charge >= 0.3 is 0 Å². The van der Waals surface area contributed by atoms with Crippen LogP contribution in [0.4, 0.5) is 5.69 Å². The molecule has 2 aliphatic carbocycles. The first-order chi connectivity index (χ1) is 9.65. The lowest BCUT2D eigenvalue weighted by Crippen LogP contribution is -2.22. The predicted octanol–water partition coefficient (Wildman–Crippen LogP) is 1.96. The Morgan fingerprint density at radius 3 is 2.35 bits per heavy atom. The van der Waals surface area contributed by atoms with Gasteiger partial charge < -0.3 is 10.6 Å². The molecular formula is C16H20N2O2. The molecule has 2 aliphatic rings. The van der Waals surface area contributed by atoms with Gasteiger partial charge in [-0.3, -0.25) is 9.59 Å². The smallest absolute Gasteiger partial charge is 0.227 e. The molecule has 1 aromatic rings. The van der Waals surface area contributed by atoms with Crippen LogP contribution in [0.1, 0.15) is 24.8 Å². The molecule has 0 radical (unpaired) electrons. The predicted molar refractivity (Wildman–Crippen MR) is 77.2 cm³/mol. The zero-order chi connectivity index (χ0) is 14.1. The van der Waals surface area contributed by atoms with E-state index in [9.17, 15) is 9.59 Å². The maximum Gasteiger partial charge on any atom is 0.227 e. The fraction of sp³-hybridized carbons (Fsp3) is 0.500. The number of benzene rings is 1. The largest absolute Gasteiger partial charge is 0.359 e. The fourth-order valence-electron chi connectivity index (χ4n) is 3.15. The van der Waals surface area contributed by atoms with Gasteiger partial charge in [0.05, 0.1) is 6.42 Å². The number of nitrogens with one attached hydrogen (secondary N) is 2. The van der Waals surface area contributed by atoms with E-state index < -0.39 is 0 Å². The Bertz CT molecular complexity index is 514. The molecule has 0 spiro atoms. The van der Waals surface area contributed by atoms with Crippen molar-refractivity contribution in [3.05, 3.63) is 29.8 Å². The van der Waals surface area contributed by atoms with Crippen molar-refractivity contribution in [1.82, 2.24) is 5.32 Å². The van der Waals surface area contributed by atoms with Crippen LogP contribution >= 0.6 is 0 Å². The van der Waals surface area contributed by atoms with Crippen molar-refractivity contribution in [3.8, 4) is 0 Å². The average Bonchev–Trinajstić information content (AvgIpc) is 3.07. The third kappa shape index (κ3) is 2.84. The number of hydrogen-bond acceptors (Lipinski definition) is 2. The van der Waals surface area contributed by atoms with Gasteiger partial charge in [0, 0.05) is 18.7 Å². The molecule has 4 nitrogen and oxygen atoms in total. The standard InChI is InChI=1S/C16H20N2O2/c1-17-15(19)6-10-2-4-14(5-3-10)18-16(20)13-8-11-7-12(11)9-13/h2-5,11-13H,6-9H2,1H3,(H,17,19)(H,18,20). The second kappa shape index (κ2) is 5.27. The Morgan fingerprint density at radius 1 is 1.10 bits per heavy atom. The van der Waals surface area contributed by atoms with E-state index in [4.69, 9.17) is 0 Å². The molecule has 2 fully saturated rings. The van der Waals surface area contributed by atoms with Crippen molar-refractivity contribution in [2.24, 2.45) is 17.8 Å². The van der Waals surface area contributed by atoms with E-state index in [1.807, 2.05) is 24.3 Å². The SMILES string of the molecule is CNC(=O)Cc1ccc(NC(=O)C2CC3CC3C2)cc1. The highest BCUT2D eigenvalue weighted by Crippen LogP contribution is 2.54. The van der Waals surface area contributed by atoms with Gasteiger partial charge in [0.1, 0.15) is 0 Å². The van der Waals surface area contributed by atoms with Crippen LogP contribution in [0, 0.1) is 17.8 Å². The van der Waals surface area contributed by atoms with Gasteiger partial charge in [-0.05, 0) is 48.8 Å². The second-order valence-corrected chi connectivity index (χ2v) is 5.96. The van der Waals surface area contributed by atoms with Crippen LogP contribution in [0.15, 0.2) is 24.3 Å². The summed E-state index contributed by atoms with van der Waals surface area (Å²) in [6.45, 7) is 0. The van der Waals surface area contributed by atoms with Crippen molar-refractivity contribution in [3.63, 3.8) is 0 Å². The van der Waals surface area contributed by atoms with E-state index in [0.29, 0.717) is 6.42 Å². The summed E-state index contributed by atoms with van der Waals surface area (Å²) in [5.41, 5.74) is 1.76. The maximum absolute atomic E-state index is 12.1. The molecule has 1 aromatic carbocycles. The van der Waals surface area contributed by atoms with E-state index in [1.165, 1.54) is 6.42 Å². The second-order valence-electron chi connectivity index (χ2n) is 5.96. The van der Waals surface area contributed by atoms with E-state index in [2.05, 4.69) is 10.6 Å². The highest BCUT2D eigenvalue weighted by atomic mass is 16.2. The molecule has 20 heavy (non-hydrogen) atoms. The summed E-state index contributed by atoms with van der Waals surface area (Å²) in [4.78, 5) is 23.4. The Hall–Kier alpha value is -1.84. The molecule has 2 amide bonds. The van der Waals surface area contributed by atoms with Crippen LogP contribution in [-0.4, -0.2) is 18.9 Å². The van der Waals surface area contributed by atoms with Gasteiger partial charge in [0.25, 0.3) is 0 Å². The Morgan fingerprint density at radius 2 is 1.75 bits per heavy atom. The van der Waals surface area contributed by atoms with Crippen molar-refractivity contribution in [1.29, 1.82) is 0 Å². The van der Waals surface area contributed by atoms with Gasteiger partial charge in [-0.25, -0.2) is 0 Å². The van der Waals surface area contributed by atoms with Crippen LogP contribution in [0.5, 0.6) is 0 Å². The number of likely N-dealkylation sites (N-methyl/N-ethyl adjacent to an activating group) is 1. The van der Waals surface area contributed by atoms with E-state index >= 15 is 0 Å². The van der Waals surface area contributed by atoms with Crippen molar-refractivity contribution in [2.45, 2.75) is 25.7 Å². The summed E-state index contributed by atoms with van der Waals surface area (Å²) in [6.07, 6.45) is 3.82. The van der Waals surface area contributed by atoms with E-state index in [0.717, 1.165) is 35.9 Å². The van der Waals surface area contributed by atoms with Crippen molar-refractivity contribution in [2.75, 3.05) is 12.4 Å². The minimum absolute atomic E-state index is 0.00744. The lowest BCUT2D eigenvalue weighted by atomic mass is 10.0. The van der Waals surface area contributed by atoms with Crippen molar-refractivity contribution >= 4 is 17.5 Å². The number of rotatable bonds is 4. The number of fused-ring (bicyclic) bond motifs is 1. The third-order valence-corrected chi connectivity index (χ3v) is 4.48. The summed E-state index contributed by atoms with van der Waals surface area (Å²) in [7, 11) is 1.63. The molecule has 2 N–H and O–H groups in total. The quantitative estimate of drug-likeness (QED) is 0.880. The van der Waals surface area contributed by atoms with Gasteiger partial charge in [-0.2, -0.15) is 0 Å². The number of amides is 2. The van der Waals surface area contributed by atoms with E-state index in [-0.39, 0.29) is 17.7 Å². The van der Waals surface area contributed by atoms with Gasteiger partial charge in [0.2, 0.25) is 11.8 Å². The van der Waals surface area contributed by atoms with Gasteiger partial charge in [-0.15, -0.1) is 0 Å². The van der Waals surface area contributed by atoms with Crippen molar-refractivity contribution < 1.29 is 9.59 Å². The summed E-state index contributed by atoms with van der Waals surface area (Å²) >= 11 is 0. The Kier molecular flexibility index (Phi) is 3.47. The lowest BCUT2D eigenvalue weighted by molar-refractivity contribution is -0.120. The van der Waals surface area contributed by atoms with Crippen LogP contribution < -0.4 is 10.6 Å². The number of carbonyl (C=O) groups excluding carboxylic acids is 2. The first-order valence-electron chi connectivity index (χ1n) is 7.26. The monoisotopic (exact) mass is 272 g/mol. The number of carbonyl (C=O) groups is 2. The van der Waals surface area contributed by atoms with E-state index in [1.54, 1.807) is 7.05 Å². The molecule has 0 saturated heterocycles. The molecule has 0 heterocycles. The van der Waals surface area contributed by atoms with Crippen LogP contribution in [0.2, 0.25) is 0 Å². The molecule has 2 unspecified atom stereocenters. The first-order valence-corrected chi connectivity index (χ1v) is 7.26. The van der Waals surface area contributed by atoms with Crippen LogP contribution in [0.3, 0.4) is 0 Å². The molecule has 2 atom stereocenters. The third-order valence-electron chi connectivity index (χ3n) is 4.48. The molecule has 3 rings (SSSR count). The summed E-state index contributed by atoms with van der Waals surface area (Å²) in [5, 5.41) is 5.58. The topological polar surface area (TPSA) is 58.2 Å². The Balaban J connectivity index is 1.54. The molecule has 2 saturated carbocycles. The number of anilines is 1. The minimum Gasteiger partial charge on any atom is -0.359 e. The Labute approximate surface area is 118 Å². The zero-order valence-electron chi connectivity index (χ0n) is 11.7. The molecule has 106 valence electrons. The summed E-state index contributed by atoms with van der Waals surface area (Å²) in [5.74, 6) is 1.98. The van der Waals surface area contributed by atoms with Gasteiger partial charge in [-0.1, -0.05) is 12.1 Å². The summed E-state index contributed by atoms with van der Waals surface area (Å²) < 4.78 is 0. The molecular weight excluding hydrogens is 252 g/mol. The normalized spacial score (nSPS) is 26.8. The average molecular weight is 272 g/mol. The van der Waals surface area contributed by atoms with Crippen LogP contribution in [0.25, 0.3) is 0 Å². The highest BCUT2D eigenvalue weighted by molar-refractivity contribution is 5.93. The molecule has 0 bridgehead atoms. The fourth-order valence-corrected chi connectivity index (χ4v) is 3.15.